The van der Waals surface area contributed by atoms with Crippen molar-refractivity contribution in [1.29, 1.82) is 0 Å². The maximum Gasteiger partial charge on any atom is 0.110 e. The number of benzene rings is 1. The molecular formula is C15H25NSi. The summed E-state index contributed by atoms with van der Waals surface area (Å²) < 4.78 is 1.16. The van der Waals surface area contributed by atoms with E-state index in [2.05, 4.69) is 57.9 Å². The standard InChI is InChI=1S/C15H25NSi/c1-13-15-9-7-6-8-14(15)10-11-16(13,2)12-17(3,4)5/h6-9H,10-12H2,1-5H3. The summed E-state index contributed by atoms with van der Waals surface area (Å²) in [5.74, 6) is 0. The lowest BCUT2D eigenvalue weighted by Gasteiger charge is -2.51. The van der Waals surface area contributed by atoms with E-state index < -0.39 is 8.07 Å². The lowest BCUT2D eigenvalue weighted by atomic mass is 9.92. The van der Waals surface area contributed by atoms with E-state index in [9.17, 15) is 0 Å². The van der Waals surface area contributed by atoms with Gasteiger partial charge in [-0.3, -0.25) is 0 Å². The summed E-state index contributed by atoms with van der Waals surface area (Å²) in [6.07, 6.45) is 2.58. The predicted molar refractivity (Wildman–Crippen MR) is 77.4 cm³/mol. The van der Waals surface area contributed by atoms with Gasteiger partial charge in [-0.25, -0.2) is 0 Å². The predicted octanol–water partition coefficient (Wildman–Crippen LogP) is 3.47. The van der Waals surface area contributed by atoms with Gasteiger partial charge in [-0.15, -0.1) is 23.3 Å². The van der Waals surface area contributed by atoms with Crippen molar-refractivity contribution in [3.63, 3.8) is 0 Å². The molecule has 0 N–H and O–H groups in total. The second-order valence-corrected chi connectivity index (χ2v) is 12.3. The SMILES string of the molecule is C[C-]1c2ccccc2CC[N+]1(C)C[Si](C)(C)C. The van der Waals surface area contributed by atoms with Crippen LogP contribution in [0.3, 0.4) is 0 Å². The Morgan fingerprint density at radius 2 is 1.88 bits per heavy atom. The quantitative estimate of drug-likeness (QED) is 0.426. The molecule has 0 aromatic heterocycles. The van der Waals surface area contributed by atoms with E-state index in [1.54, 1.807) is 6.04 Å². The molecule has 17 heavy (non-hydrogen) atoms. The normalized spacial score (nSPS) is 24.6. The average molecular weight is 247 g/mol. The summed E-state index contributed by atoms with van der Waals surface area (Å²) in [7, 11) is 1.39. The molecule has 0 fully saturated rings. The van der Waals surface area contributed by atoms with Crippen molar-refractivity contribution in [3.8, 4) is 0 Å². The molecule has 0 saturated heterocycles. The molecule has 2 rings (SSSR count). The van der Waals surface area contributed by atoms with Gasteiger partial charge in [0.1, 0.15) is 8.07 Å². The van der Waals surface area contributed by atoms with Gasteiger partial charge < -0.3 is 4.48 Å². The van der Waals surface area contributed by atoms with Gasteiger partial charge in [0.2, 0.25) is 0 Å². The molecule has 0 saturated carbocycles. The fourth-order valence-corrected chi connectivity index (χ4v) is 5.65. The Morgan fingerprint density at radius 1 is 1.24 bits per heavy atom. The number of likely N-dealkylation sites (N-methyl/N-ethyl adjacent to an activating group) is 1. The smallest absolute Gasteiger partial charge is 0.110 e. The first-order chi connectivity index (χ1) is 7.82. The maximum absolute atomic E-state index is 2.48. The lowest BCUT2D eigenvalue weighted by molar-refractivity contribution is -0.885. The Kier molecular flexibility index (Phi) is 3.13. The highest BCUT2D eigenvalue weighted by molar-refractivity contribution is 6.76. The third-order valence-electron chi connectivity index (χ3n) is 3.91. The minimum Gasteiger partial charge on any atom is -0.349 e. The number of nitrogens with zero attached hydrogens (tertiary/aromatic N) is 1. The van der Waals surface area contributed by atoms with Crippen molar-refractivity contribution in [2.75, 3.05) is 19.8 Å². The topological polar surface area (TPSA) is 0 Å². The molecule has 0 spiro atoms. The molecule has 1 aliphatic heterocycles. The van der Waals surface area contributed by atoms with Crippen LogP contribution in [0.5, 0.6) is 0 Å². The van der Waals surface area contributed by atoms with Crippen molar-refractivity contribution in [2.24, 2.45) is 0 Å². The van der Waals surface area contributed by atoms with Crippen molar-refractivity contribution >= 4 is 8.07 Å². The first kappa shape index (κ1) is 12.7. The third-order valence-corrected chi connectivity index (χ3v) is 5.56. The van der Waals surface area contributed by atoms with Crippen LogP contribution >= 0.6 is 0 Å². The molecule has 0 bridgehead atoms. The molecule has 1 aliphatic rings. The van der Waals surface area contributed by atoms with Crippen LogP contribution in [0.25, 0.3) is 0 Å². The van der Waals surface area contributed by atoms with Crippen LogP contribution in [0.2, 0.25) is 19.6 Å². The van der Waals surface area contributed by atoms with Gasteiger partial charge in [-0.1, -0.05) is 25.7 Å². The molecule has 2 heteroatoms. The van der Waals surface area contributed by atoms with Gasteiger partial charge >= 0.3 is 0 Å². The van der Waals surface area contributed by atoms with E-state index in [-0.39, 0.29) is 0 Å². The van der Waals surface area contributed by atoms with Crippen molar-refractivity contribution in [1.82, 2.24) is 0 Å². The maximum atomic E-state index is 2.48. The van der Waals surface area contributed by atoms with Crippen molar-refractivity contribution in [3.05, 3.63) is 41.4 Å². The lowest BCUT2D eigenvalue weighted by Crippen LogP contribution is -2.57. The van der Waals surface area contributed by atoms with Crippen LogP contribution in [0.4, 0.5) is 0 Å². The second kappa shape index (κ2) is 4.18. The monoisotopic (exact) mass is 247 g/mol. The zero-order valence-electron chi connectivity index (χ0n) is 11.9. The van der Waals surface area contributed by atoms with E-state index in [1.807, 2.05) is 0 Å². The van der Waals surface area contributed by atoms with Crippen LogP contribution in [-0.4, -0.2) is 32.3 Å². The third kappa shape index (κ3) is 2.58. The Hall–Kier alpha value is -0.733. The molecular weight excluding hydrogens is 222 g/mol. The van der Waals surface area contributed by atoms with E-state index in [0.29, 0.717) is 0 Å². The molecule has 0 aliphatic carbocycles. The molecule has 0 amide bonds. The molecule has 1 heterocycles. The van der Waals surface area contributed by atoms with E-state index >= 15 is 0 Å². The van der Waals surface area contributed by atoms with E-state index in [4.69, 9.17) is 0 Å². The fourth-order valence-electron chi connectivity index (χ4n) is 3.16. The molecule has 1 aromatic rings. The Labute approximate surface area is 107 Å². The summed E-state index contributed by atoms with van der Waals surface area (Å²) in [5, 5.41) is 0. The van der Waals surface area contributed by atoms with Gasteiger partial charge in [0.05, 0.1) is 19.8 Å². The Bertz CT molecular complexity index is 408. The van der Waals surface area contributed by atoms with Gasteiger partial charge in [0.15, 0.2) is 0 Å². The van der Waals surface area contributed by atoms with Gasteiger partial charge in [-0.05, 0) is 13.3 Å². The Balaban J connectivity index is 2.30. The zero-order valence-corrected chi connectivity index (χ0v) is 12.9. The Morgan fingerprint density at radius 3 is 2.53 bits per heavy atom. The molecule has 0 radical (unpaired) electrons. The van der Waals surface area contributed by atoms with E-state index in [1.165, 1.54) is 30.3 Å². The molecule has 1 unspecified atom stereocenters. The number of rotatable bonds is 2. The first-order valence-corrected chi connectivity index (χ1v) is 10.3. The van der Waals surface area contributed by atoms with Crippen LogP contribution < -0.4 is 0 Å². The number of hydrogen-bond donors (Lipinski definition) is 0. The number of quaternary nitrogens is 1. The molecule has 1 atom stereocenters. The van der Waals surface area contributed by atoms with Gasteiger partial charge in [0, 0.05) is 6.04 Å². The largest absolute Gasteiger partial charge is 0.349 e. The minimum absolute atomic E-state index is 1.03. The van der Waals surface area contributed by atoms with Crippen LogP contribution in [0.1, 0.15) is 18.1 Å². The second-order valence-electron chi connectivity index (χ2n) is 6.83. The summed E-state index contributed by atoms with van der Waals surface area (Å²) >= 11 is 0. The summed E-state index contributed by atoms with van der Waals surface area (Å²) in [5.41, 5.74) is 3.04. The highest BCUT2D eigenvalue weighted by Gasteiger charge is 2.34. The van der Waals surface area contributed by atoms with Crippen LogP contribution in [-0.2, 0) is 6.42 Å². The minimum atomic E-state index is -1.03. The van der Waals surface area contributed by atoms with Crippen LogP contribution in [0.15, 0.2) is 24.3 Å². The highest BCUT2D eigenvalue weighted by atomic mass is 28.3. The van der Waals surface area contributed by atoms with Gasteiger partial charge in [-0.2, -0.15) is 6.07 Å². The molecule has 1 aromatic carbocycles. The van der Waals surface area contributed by atoms with Crippen molar-refractivity contribution in [2.45, 2.75) is 33.0 Å². The number of fused-ring (bicyclic) bond motifs is 1. The average Bonchev–Trinajstić information content (AvgIpc) is 2.22. The zero-order chi connectivity index (χ0) is 12.7. The molecule has 1 nitrogen and oxygen atoms in total. The fraction of sp³-hybridized carbons (Fsp3) is 0.533. The summed E-state index contributed by atoms with van der Waals surface area (Å²) in [4.78, 5) is 0. The first-order valence-electron chi connectivity index (χ1n) is 6.59. The van der Waals surface area contributed by atoms with E-state index in [0.717, 1.165) is 4.48 Å². The summed E-state index contributed by atoms with van der Waals surface area (Å²) in [6, 6.07) is 10.5. The molecule has 94 valence electrons. The number of hydrogen-bond acceptors (Lipinski definition) is 0. The summed E-state index contributed by atoms with van der Waals surface area (Å²) in [6.45, 7) is 11.0. The van der Waals surface area contributed by atoms with Crippen LogP contribution in [0, 0.1) is 6.04 Å². The highest BCUT2D eigenvalue weighted by Crippen LogP contribution is 2.34. The van der Waals surface area contributed by atoms with Crippen molar-refractivity contribution < 1.29 is 4.48 Å². The van der Waals surface area contributed by atoms with Gasteiger partial charge in [0.25, 0.3) is 0 Å².